The van der Waals surface area contributed by atoms with Crippen LogP contribution >= 0.6 is 0 Å². The van der Waals surface area contributed by atoms with Gasteiger partial charge in [-0.2, -0.15) is 13.2 Å². The van der Waals surface area contributed by atoms with E-state index in [4.69, 9.17) is 15.6 Å². The van der Waals surface area contributed by atoms with Gasteiger partial charge in [-0.1, -0.05) is 84.5 Å². The van der Waals surface area contributed by atoms with Gasteiger partial charge in [0, 0.05) is 19.4 Å². The fraction of sp³-hybridized carbons (Fsp3) is 0.862. The van der Waals surface area contributed by atoms with E-state index in [0.717, 1.165) is 45.3 Å². The first-order valence-electron chi connectivity index (χ1n) is 15.5. The molecule has 0 saturated heterocycles. The van der Waals surface area contributed by atoms with Crippen molar-refractivity contribution in [2.24, 2.45) is 11.5 Å². The molecule has 0 atom stereocenters. The van der Waals surface area contributed by atoms with Crippen LogP contribution in [0, 0.1) is 0 Å². The number of carbonyl (C=O) groups is 4. The Hall–Kier alpha value is -2.41. The van der Waals surface area contributed by atoms with E-state index in [1.54, 1.807) is 0 Å². The van der Waals surface area contributed by atoms with Crippen molar-refractivity contribution >= 4 is 23.8 Å². The van der Waals surface area contributed by atoms with E-state index >= 15 is 0 Å². The first kappa shape index (κ1) is 44.0. The van der Waals surface area contributed by atoms with Gasteiger partial charge in [0.25, 0.3) is 0 Å². The van der Waals surface area contributed by atoms with Gasteiger partial charge in [-0.3, -0.25) is 14.9 Å². The Morgan fingerprint density at radius 2 is 1.07 bits per heavy atom. The number of hydrogen-bond donors (Lipinski definition) is 6. The Morgan fingerprint density at radius 1 is 0.643 bits per heavy atom. The number of hydrogen-bond acceptors (Lipinski definition) is 6. The van der Waals surface area contributed by atoms with Crippen LogP contribution in [0.2, 0.25) is 0 Å². The minimum Gasteiger partial charge on any atom is -0.475 e. The molecule has 0 aliphatic rings. The average Bonchev–Trinajstić information content (AvgIpc) is 2.91. The van der Waals surface area contributed by atoms with Gasteiger partial charge in [0.15, 0.2) is 0 Å². The second-order valence-electron chi connectivity index (χ2n) is 10.1. The second kappa shape index (κ2) is 33.1. The fourth-order valence-electron chi connectivity index (χ4n) is 3.60. The number of rotatable bonds is 23. The lowest BCUT2D eigenvalue weighted by Crippen LogP contribution is -2.34. The molecule has 0 bridgehead atoms. The molecule has 8 N–H and O–H groups in total. The topological polar surface area (TPSA) is 177 Å². The number of nitrogens with one attached hydrogen (secondary N) is 3. The van der Waals surface area contributed by atoms with Crippen molar-refractivity contribution in [3.05, 3.63) is 0 Å². The van der Waals surface area contributed by atoms with Crippen LogP contribution in [0.15, 0.2) is 0 Å². The predicted octanol–water partition coefficient (Wildman–Crippen LogP) is 5.53. The first-order chi connectivity index (χ1) is 19.9. The third kappa shape index (κ3) is 42.1. The fourth-order valence-corrected chi connectivity index (χ4v) is 3.60. The summed E-state index contributed by atoms with van der Waals surface area (Å²) in [7, 11) is 0. The molecule has 0 aromatic carbocycles. The molecule has 0 radical (unpaired) electrons. The summed E-state index contributed by atoms with van der Waals surface area (Å²) in [5.41, 5.74) is 10.0. The molecular formula is C29H58F3N5O5. The summed E-state index contributed by atoms with van der Waals surface area (Å²) >= 11 is 0. The summed E-state index contributed by atoms with van der Waals surface area (Å²) in [6.07, 6.45) is 16.4. The molecule has 250 valence electrons. The van der Waals surface area contributed by atoms with Crippen molar-refractivity contribution in [1.29, 1.82) is 0 Å². The summed E-state index contributed by atoms with van der Waals surface area (Å²) in [6, 6.07) is -0.784. The monoisotopic (exact) mass is 613 g/mol. The van der Waals surface area contributed by atoms with Crippen molar-refractivity contribution in [2.75, 3.05) is 26.2 Å². The third-order valence-corrected chi connectivity index (χ3v) is 5.90. The Bertz CT molecular complexity index is 668. The number of imide groups is 1. The summed E-state index contributed by atoms with van der Waals surface area (Å²) in [5, 5.41) is 15.5. The Balaban J connectivity index is -0.000000771. The van der Waals surface area contributed by atoms with Gasteiger partial charge in [-0.15, -0.1) is 0 Å². The third-order valence-electron chi connectivity index (χ3n) is 5.90. The summed E-state index contributed by atoms with van der Waals surface area (Å²) in [5.74, 6) is -2.93. The van der Waals surface area contributed by atoms with E-state index in [1.165, 1.54) is 77.0 Å². The smallest absolute Gasteiger partial charge is 0.475 e. The van der Waals surface area contributed by atoms with Crippen LogP contribution in [0.25, 0.3) is 0 Å². The molecule has 13 heteroatoms. The van der Waals surface area contributed by atoms with Crippen molar-refractivity contribution in [1.82, 2.24) is 16.0 Å². The lowest BCUT2D eigenvalue weighted by atomic mass is 10.1. The van der Waals surface area contributed by atoms with E-state index in [0.29, 0.717) is 19.4 Å². The summed E-state index contributed by atoms with van der Waals surface area (Å²) in [6.45, 7) is 7.72. The number of amides is 4. The molecule has 0 heterocycles. The van der Waals surface area contributed by atoms with Crippen LogP contribution in [0.3, 0.4) is 0 Å². The van der Waals surface area contributed by atoms with Crippen molar-refractivity contribution in [2.45, 2.75) is 136 Å². The van der Waals surface area contributed by atoms with E-state index in [2.05, 4.69) is 23.3 Å². The highest BCUT2D eigenvalue weighted by atomic mass is 19.4. The highest BCUT2D eigenvalue weighted by molar-refractivity contribution is 5.93. The molecule has 0 fully saturated rings. The molecule has 10 nitrogen and oxygen atoms in total. The standard InChI is InChI=1S/C22H47N3O.C5H10N2O2.C2HF3O2/c1-2-3-4-5-6-7-8-9-10-11-12-13-19-24-20-14-15-21-25-22(26)17-16-18-23;1-2-3-4(8)7-5(6)9;3-2(4,5)1(6)7/h24H,2-21,23H2,1H3,(H,25,26);2-3H2,1H3,(H3,6,7,8,9);(H,6,7). The van der Waals surface area contributed by atoms with Crippen LogP contribution in [0.5, 0.6) is 0 Å². The molecule has 0 spiro atoms. The van der Waals surface area contributed by atoms with Gasteiger partial charge in [-0.05, 0) is 51.7 Å². The van der Waals surface area contributed by atoms with Gasteiger partial charge in [0.05, 0.1) is 0 Å². The van der Waals surface area contributed by atoms with Crippen LogP contribution in [0.1, 0.15) is 129 Å². The number of urea groups is 1. The van der Waals surface area contributed by atoms with Gasteiger partial charge in [-0.25, -0.2) is 9.59 Å². The second-order valence-corrected chi connectivity index (χ2v) is 10.1. The van der Waals surface area contributed by atoms with E-state index in [1.807, 2.05) is 12.2 Å². The average molecular weight is 614 g/mol. The van der Waals surface area contributed by atoms with Gasteiger partial charge in [0.1, 0.15) is 0 Å². The van der Waals surface area contributed by atoms with Crippen LogP contribution in [-0.2, 0) is 14.4 Å². The molecule has 0 rings (SSSR count). The van der Waals surface area contributed by atoms with E-state index in [-0.39, 0.29) is 11.8 Å². The maximum absolute atomic E-state index is 11.4. The zero-order chi connectivity index (χ0) is 32.5. The van der Waals surface area contributed by atoms with Crippen LogP contribution in [-0.4, -0.2) is 61.3 Å². The van der Waals surface area contributed by atoms with E-state index in [9.17, 15) is 27.6 Å². The molecule has 0 aliphatic heterocycles. The maximum Gasteiger partial charge on any atom is 0.490 e. The van der Waals surface area contributed by atoms with Crippen molar-refractivity contribution in [3.63, 3.8) is 0 Å². The SMILES string of the molecule is CCCC(=O)NC(N)=O.CCCCCCCCCCCCCCNCCCCNC(=O)CCCN.O=C(O)C(F)(F)F. The number of carboxylic acids is 1. The highest BCUT2D eigenvalue weighted by Crippen LogP contribution is 2.13. The first-order valence-corrected chi connectivity index (χ1v) is 15.5. The quantitative estimate of drug-likeness (QED) is 0.0821. The molecule has 0 saturated carbocycles. The van der Waals surface area contributed by atoms with Crippen molar-refractivity contribution < 1.29 is 37.5 Å². The highest BCUT2D eigenvalue weighted by Gasteiger charge is 2.38. The minimum atomic E-state index is -5.08. The normalized spacial score (nSPS) is 10.5. The zero-order valence-electron chi connectivity index (χ0n) is 25.9. The number of halogens is 3. The van der Waals surface area contributed by atoms with Crippen LogP contribution in [0.4, 0.5) is 18.0 Å². The number of carboxylic acid groups (broad SMARTS) is 1. The van der Waals surface area contributed by atoms with Gasteiger partial charge < -0.3 is 27.2 Å². The Kier molecular flexibility index (Phi) is 34.7. The van der Waals surface area contributed by atoms with Gasteiger partial charge >= 0.3 is 18.2 Å². The van der Waals surface area contributed by atoms with E-state index < -0.39 is 18.2 Å². The molecule has 0 aromatic rings. The Morgan fingerprint density at radius 3 is 1.48 bits per heavy atom. The largest absolute Gasteiger partial charge is 0.490 e. The maximum atomic E-state index is 11.4. The summed E-state index contributed by atoms with van der Waals surface area (Å²) < 4.78 is 31.7. The molecule has 0 aliphatic carbocycles. The Labute approximate surface area is 250 Å². The number of primary amides is 1. The molecular weight excluding hydrogens is 555 g/mol. The number of aliphatic carboxylic acids is 1. The predicted molar refractivity (Wildman–Crippen MR) is 161 cm³/mol. The number of carbonyl (C=O) groups excluding carboxylic acids is 3. The molecule has 4 amide bonds. The zero-order valence-corrected chi connectivity index (χ0v) is 25.9. The van der Waals surface area contributed by atoms with Gasteiger partial charge in [0.2, 0.25) is 11.8 Å². The van der Waals surface area contributed by atoms with Crippen molar-refractivity contribution in [3.8, 4) is 0 Å². The number of alkyl halides is 3. The molecule has 42 heavy (non-hydrogen) atoms. The van der Waals surface area contributed by atoms with Crippen LogP contribution < -0.4 is 27.4 Å². The lowest BCUT2D eigenvalue weighted by Gasteiger charge is -2.06. The minimum absolute atomic E-state index is 0.139. The number of nitrogens with two attached hydrogens (primary N) is 2. The summed E-state index contributed by atoms with van der Waals surface area (Å²) in [4.78, 5) is 40.7. The lowest BCUT2D eigenvalue weighted by molar-refractivity contribution is -0.192. The molecule has 0 unspecified atom stereocenters. The molecule has 0 aromatic heterocycles. The number of unbranched alkanes of at least 4 members (excludes halogenated alkanes) is 12.